The smallest absolute Gasteiger partial charge is 0.215 e. The predicted molar refractivity (Wildman–Crippen MR) is 105 cm³/mol. The van der Waals surface area contributed by atoms with Gasteiger partial charge in [-0.1, -0.05) is 0 Å². The van der Waals surface area contributed by atoms with Gasteiger partial charge in [0.1, 0.15) is 12.1 Å². The molecule has 0 saturated carbocycles. The molecule has 0 aliphatic rings. The zero-order valence-corrected chi connectivity index (χ0v) is 16.7. The maximum Gasteiger partial charge on any atom is 0.215 e. The molecule has 0 radical (unpaired) electrons. The maximum atomic E-state index is 10.1. The summed E-state index contributed by atoms with van der Waals surface area (Å²) in [6.07, 6.45) is 1.09. The third kappa shape index (κ3) is 4.23. The Balaban J connectivity index is 2.11. The highest BCUT2D eigenvalue weighted by Crippen LogP contribution is 2.30. The Labute approximate surface area is 163 Å². The summed E-state index contributed by atoms with van der Waals surface area (Å²) >= 11 is 0. The van der Waals surface area contributed by atoms with E-state index in [1.54, 1.807) is 13.8 Å². The molecule has 3 rings (SSSR count). The van der Waals surface area contributed by atoms with Crippen molar-refractivity contribution in [3.8, 4) is 17.4 Å². The largest absolute Gasteiger partial charge is 0.476 e. The molecule has 3 aromatic rings. The van der Waals surface area contributed by atoms with Crippen molar-refractivity contribution >= 4 is 16.9 Å². The molecule has 0 bridgehead atoms. The lowest BCUT2D eigenvalue weighted by molar-refractivity contribution is 0.0711. The van der Waals surface area contributed by atoms with Crippen molar-refractivity contribution in [2.75, 3.05) is 25.9 Å². The number of likely N-dealkylation sites (N-methyl/N-ethyl adjacent to an activating group) is 1. The first kappa shape index (κ1) is 20.0. The summed E-state index contributed by atoms with van der Waals surface area (Å²) < 4.78 is 12.5. The van der Waals surface area contributed by atoms with Crippen molar-refractivity contribution in [2.24, 2.45) is 0 Å². The third-order valence-corrected chi connectivity index (χ3v) is 4.40. The van der Waals surface area contributed by atoms with E-state index in [0.717, 1.165) is 16.7 Å². The molecule has 0 aromatic carbocycles. The fourth-order valence-electron chi connectivity index (χ4n) is 2.94. The number of pyridine rings is 1. The molecule has 0 amide bonds. The first-order chi connectivity index (χ1) is 13.3. The molecule has 10 nitrogen and oxygen atoms in total. The van der Waals surface area contributed by atoms with Gasteiger partial charge >= 0.3 is 0 Å². The SMILES string of the molecule is CCn1c(-c2nonc2N)nc2c(CCC(C)(C)O)nc(OCCNC)cc21. The average Bonchev–Trinajstić information content (AvgIpc) is 3.22. The minimum absolute atomic E-state index is 0.182. The number of nitrogen functional groups attached to an aromatic ring is 1. The van der Waals surface area contributed by atoms with Gasteiger partial charge in [-0.3, -0.25) is 0 Å². The number of nitrogens with zero attached hydrogens (tertiary/aromatic N) is 5. The molecular weight excluding hydrogens is 362 g/mol. The highest BCUT2D eigenvalue weighted by atomic mass is 16.6. The van der Waals surface area contributed by atoms with Gasteiger partial charge in [0.05, 0.1) is 16.8 Å². The summed E-state index contributed by atoms with van der Waals surface area (Å²) in [6.45, 7) is 7.39. The van der Waals surface area contributed by atoms with E-state index in [9.17, 15) is 5.11 Å². The van der Waals surface area contributed by atoms with Crippen molar-refractivity contribution in [1.82, 2.24) is 30.2 Å². The van der Waals surface area contributed by atoms with Crippen LogP contribution in [0.1, 0.15) is 32.9 Å². The molecule has 3 aromatic heterocycles. The molecule has 152 valence electrons. The fraction of sp³-hybridized carbons (Fsp3) is 0.556. The van der Waals surface area contributed by atoms with E-state index in [0.29, 0.717) is 49.9 Å². The van der Waals surface area contributed by atoms with Crippen LogP contribution in [-0.4, -0.2) is 55.8 Å². The van der Waals surface area contributed by atoms with Crippen LogP contribution in [0.5, 0.6) is 5.88 Å². The molecule has 0 atom stereocenters. The second-order valence-corrected chi connectivity index (χ2v) is 7.22. The zero-order chi connectivity index (χ0) is 20.3. The van der Waals surface area contributed by atoms with E-state index in [2.05, 4.69) is 20.6 Å². The van der Waals surface area contributed by atoms with E-state index in [1.165, 1.54) is 0 Å². The Hall–Kier alpha value is -2.72. The summed E-state index contributed by atoms with van der Waals surface area (Å²) in [5, 5.41) is 20.7. The number of anilines is 1. The van der Waals surface area contributed by atoms with E-state index in [1.807, 2.05) is 24.6 Å². The van der Waals surface area contributed by atoms with Crippen molar-refractivity contribution in [3.05, 3.63) is 11.8 Å². The number of nitrogens with two attached hydrogens (primary N) is 1. The van der Waals surface area contributed by atoms with Crippen molar-refractivity contribution in [2.45, 2.75) is 45.8 Å². The Bertz CT molecular complexity index is 943. The van der Waals surface area contributed by atoms with Crippen molar-refractivity contribution in [1.29, 1.82) is 0 Å². The van der Waals surface area contributed by atoms with Gasteiger partial charge < -0.3 is 25.5 Å². The van der Waals surface area contributed by atoms with Crippen LogP contribution in [0.15, 0.2) is 10.7 Å². The fourth-order valence-corrected chi connectivity index (χ4v) is 2.94. The zero-order valence-electron chi connectivity index (χ0n) is 16.7. The first-order valence-corrected chi connectivity index (χ1v) is 9.32. The number of fused-ring (bicyclic) bond motifs is 1. The number of ether oxygens (including phenoxy) is 1. The van der Waals surface area contributed by atoms with Crippen LogP contribution in [0.2, 0.25) is 0 Å². The number of aliphatic hydroxyl groups is 1. The number of aryl methyl sites for hydroxylation is 2. The normalized spacial score (nSPS) is 12.0. The van der Waals surface area contributed by atoms with Gasteiger partial charge in [-0.15, -0.1) is 0 Å². The van der Waals surface area contributed by atoms with Crippen molar-refractivity contribution < 1.29 is 14.5 Å². The van der Waals surface area contributed by atoms with Crippen LogP contribution in [0.3, 0.4) is 0 Å². The minimum atomic E-state index is -0.812. The molecule has 0 saturated heterocycles. The Morgan fingerprint density at radius 3 is 2.71 bits per heavy atom. The van der Waals surface area contributed by atoms with Crippen LogP contribution in [0.4, 0.5) is 5.82 Å². The summed E-state index contributed by atoms with van der Waals surface area (Å²) in [4.78, 5) is 9.37. The lowest BCUT2D eigenvalue weighted by Crippen LogP contribution is -2.20. The molecule has 4 N–H and O–H groups in total. The molecule has 0 fully saturated rings. The predicted octanol–water partition coefficient (Wildman–Crippen LogP) is 1.39. The second kappa shape index (κ2) is 8.11. The third-order valence-electron chi connectivity index (χ3n) is 4.40. The molecule has 28 heavy (non-hydrogen) atoms. The standard InChI is InChI=1S/C18H27N7O3/c1-5-25-12-10-13(27-9-8-20-4)21-11(6-7-18(2,3)26)14(12)22-17(25)15-16(19)24-28-23-15/h10,20,26H,5-9H2,1-4H3,(H2,19,24). The van der Waals surface area contributed by atoms with Crippen LogP contribution in [0.25, 0.3) is 22.6 Å². The van der Waals surface area contributed by atoms with Crippen LogP contribution in [0, 0.1) is 0 Å². The number of rotatable bonds is 9. The van der Waals surface area contributed by atoms with Gasteiger partial charge in [-0.25, -0.2) is 14.6 Å². The Morgan fingerprint density at radius 1 is 1.32 bits per heavy atom. The molecule has 0 spiro atoms. The number of hydrogen-bond donors (Lipinski definition) is 3. The lowest BCUT2D eigenvalue weighted by Gasteiger charge is -2.17. The number of nitrogens with one attached hydrogen (secondary N) is 1. The summed E-state index contributed by atoms with van der Waals surface area (Å²) in [5.74, 6) is 1.26. The van der Waals surface area contributed by atoms with E-state index in [-0.39, 0.29) is 5.82 Å². The quantitative estimate of drug-likeness (QED) is 0.463. The Kier molecular flexibility index (Phi) is 5.80. The second-order valence-electron chi connectivity index (χ2n) is 7.22. The molecule has 0 unspecified atom stereocenters. The van der Waals surface area contributed by atoms with E-state index in [4.69, 9.17) is 20.1 Å². The highest BCUT2D eigenvalue weighted by Gasteiger charge is 2.23. The summed E-state index contributed by atoms with van der Waals surface area (Å²) in [6, 6.07) is 1.86. The molecule has 0 aliphatic heterocycles. The van der Waals surface area contributed by atoms with Gasteiger partial charge in [0.25, 0.3) is 0 Å². The topological polar surface area (TPSA) is 137 Å². The monoisotopic (exact) mass is 389 g/mol. The molecule has 3 heterocycles. The van der Waals surface area contributed by atoms with E-state index < -0.39 is 5.60 Å². The van der Waals surface area contributed by atoms with Gasteiger partial charge in [-0.2, -0.15) is 0 Å². The minimum Gasteiger partial charge on any atom is -0.476 e. The maximum absolute atomic E-state index is 10.1. The van der Waals surface area contributed by atoms with Crippen LogP contribution in [-0.2, 0) is 13.0 Å². The van der Waals surface area contributed by atoms with Gasteiger partial charge in [-0.05, 0) is 51.0 Å². The van der Waals surface area contributed by atoms with E-state index >= 15 is 0 Å². The molecule has 0 aliphatic carbocycles. The Morgan fingerprint density at radius 2 is 2.11 bits per heavy atom. The summed E-state index contributed by atoms with van der Waals surface area (Å²) in [5.41, 5.74) is 7.80. The van der Waals surface area contributed by atoms with Crippen molar-refractivity contribution in [3.63, 3.8) is 0 Å². The number of imidazole rings is 1. The van der Waals surface area contributed by atoms with Gasteiger partial charge in [0.2, 0.25) is 5.88 Å². The number of hydrogen-bond acceptors (Lipinski definition) is 9. The van der Waals surface area contributed by atoms with Crippen LogP contribution >= 0.6 is 0 Å². The van der Waals surface area contributed by atoms with Crippen LogP contribution < -0.4 is 15.8 Å². The molecule has 10 heteroatoms. The average molecular weight is 389 g/mol. The molecular formula is C18H27N7O3. The lowest BCUT2D eigenvalue weighted by atomic mass is 10.0. The van der Waals surface area contributed by atoms with Gasteiger partial charge in [0, 0.05) is 19.2 Å². The van der Waals surface area contributed by atoms with Gasteiger partial charge in [0.15, 0.2) is 17.3 Å². The first-order valence-electron chi connectivity index (χ1n) is 9.32. The number of aromatic nitrogens is 5. The summed E-state index contributed by atoms with van der Waals surface area (Å²) in [7, 11) is 1.86. The highest BCUT2D eigenvalue weighted by molar-refractivity contribution is 5.84.